The molecule has 2 aromatic rings. The summed E-state index contributed by atoms with van der Waals surface area (Å²) in [4.78, 5) is 4.37. The molecule has 1 N–H and O–H groups in total. The summed E-state index contributed by atoms with van der Waals surface area (Å²) < 4.78 is 5.20. The lowest BCUT2D eigenvalue weighted by molar-refractivity contribution is 0.169. The Bertz CT molecular complexity index is 479. The number of pyridine rings is 1. The number of nitrogens with zero attached hydrogens (tertiary/aromatic N) is 1. The number of methoxy groups -OCH3 is 1. The van der Waals surface area contributed by atoms with Crippen LogP contribution in [0.25, 0.3) is 10.9 Å². The number of ether oxygens (including phenoxy) is 1. The maximum absolute atomic E-state index is 5.20. The second-order valence-corrected chi connectivity index (χ2v) is 4.13. The number of para-hydroxylation sites is 1. The summed E-state index contributed by atoms with van der Waals surface area (Å²) in [6.07, 6.45) is 2.82. The van der Waals surface area contributed by atoms with Crippen molar-refractivity contribution in [1.82, 2.24) is 10.3 Å². The summed E-state index contributed by atoms with van der Waals surface area (Å²) in [5, 5.41) is 4.50. The van der Waals surface area contributed by atoms with Gasteiger partial charge in [-0.05, 0) is 31.2 Å². The SMILES string of the molecule is CNC(COC)Cc1ccnc2ccccc12. The Labute approximate surface area is 102 Å². The van der Waals surface area contributed by atoms with E-state index in [1.54, 1.807) is 7.11 Å². The Morgan fingerprint density at radius 2 is 2.12 bits per heavy atom. The van der Waals surface area contributed by atoms with Crippen LogP contribution in [0.1, 0.15) is 5.56 Å². The topological polar surface area (TPSA) is 34.1 Å². The van der Waals surface area contributed by atoms with Crippen molar-refractivity contribution in [2.45, 2.75) is 12.5 Å². The van der Waals surface area contributed by atoms with Crippen LogP contribution in [0.3, 0.4) is 0 Å². The third-order valence-corrected chi connectivity index (χ3v) is 2.98. The third-order valence-electron chi connectivity index (χ3n) is 2.98. The van der Waals surface area contributed by atoms with Crippen LogP contribution in [0.5, 0.6) is 0 Å². The first-order chi connectivity index (χ1) is 8.35. The first-order valence-electron chi connectivity index (χ1n) is 5.84. The van der Waals surface area contributed by atoms with Gasteiger partial charge in [-0.2, -0.15) is 0 Å². The summed E-state index contributed by atoms with van der Waals surface area (Å²) in [5.74, 6) is 0. The Hall–Kier alpha value is -1.45. The number of hydrogen-bond donors (Lipinski definition) is 1. The van der Waals surface area contributed by atoms with Gasteiger partial charge in [0.1, 0.15) is 0 Å². The molecule has 1 heterocycles. The molecule has 17 heavy (non-hydrogen) atoms. The summed E-state index contributed by atoms with van der Waals surface area (Å²) in [7, 11) is 3.70. The summed E-state index contributed by atoms with van der Waals surface area (Å²) in [6, 6.07) is 10.7. The van der Waals surface area contributed by atoms with Crippen molar-refractivity contribution in [1.29, 1.82) is 0 Å². The van der Waals surface area contributed by atoms with Gasteiger partial charge in [-0.3, -0.25) is 4.98 Å². The van der Waals surface area contributed by atoms with Gasteiger partial charge in [-0.15, -0.1) is 0 Å². The monoisotopic (exact) mass is 230 g/mol. The van der Waals surface area contributed by atoms with E-state index in [2.05, 4.69) is 28.5 Å². The largest absolute Gasteiger partial charge is 0.383 e. The third kappa shape index (κ3) is 2.81. The second-order valence-electron chi connectivity index (χ2n) is 4.13. The number of hydrogen-bond acceptors (Lipinski definition) is 3. The van der Waals surface area contributed by atoms with Crippen molar-refractivity contribution in [3.05, 3.63) is 42.1 Å². The smallest absolute Gasteiger partial charge is 0.0704 e. The van der Waals surface area contributed by atoms with Crippen molar-refractivity contribution >= 4 is 10.9 Å². The Morgan fingerprint density at radius 1 is 1.29 bits per heavy atom. The molecule has 1 aromatic carbocycles. The van der Waals surface area contributed by atoms with E-state index < -0.39 is 0 Å². The highest BCUT2D eigenvalue weighted by atomic mass is 16.5. The van der Waals surface area contributed by atoms with E-state index in [1.165, 1.54) is 10.9 Å². The molecule has 3 nitrogen and oxygen atoms in total. The number of likely N-dealkylation sites (N-methyl/N-ethyl adjacent to an activating group) is 1. The highest BCUT2D eigenvalue weighted by molar-refractivity contribution is 5.81. The fraction of sp³-hybridized carbons (Fsp3) is 0.357. The van der Waals surface area contributed by atoms with Gasteiger partial charge >= 0.3 is 0 Å². The maximum atomic E-state index is 5.20. The number of rotatable bonds is 5. The molecule has 1 unspecified atom stereocenters. The average Bonchev–Trinajstić information content (AvgIpc) is 2.38. The first kappa shape index (κ1) is 12.0. The van der Waals surface area contributed by atoms with Crippen LogP contribution in [-0.4, -0.2) is 31.8 Å². The zero-order valence-electron chi connectivity index (χ0n) is 10.3. The molecule has 3 heteroatoms. The second kappa shape index (κ2) is 5.75. The zero-order chi connectivity index (χ0) is 12.1. The quantitative estimate of drug-likeness (QED) is 0.853. The molecular formula is C14H18N2O. The van der Waals surface area contributed by atoms with Crippen molar-refractivity contribution in [2.24, 2.45) is 0 Å². The van der Waals surface area contributed by atoms with E-state index in [-0.39, 0.29) is 0 Å². The standard InChI is InChI=1S/C14H18N2O/c1-15-12(10-17-2)9-11-7-8-16-14-6-4-3-5-13(11)14/h3-8,12,15H,9-10H2,1-2H3. The zero-order valence-corrected chi connectivity index (χ0v) is 10.3. The van der Waals surface area contributed by atoms with Gasteiger partial charge in [0.2, 0.25) is 0 Å². The first-order valence-corrected chi connectivity index (χ1v) is 5.84. The molecule has 0 bridgehead atoms. The molecule has 0 fully saturated rings. The number of fused-ring (bicyclic) bond motifs is 1. The van der Waals surface area contributed by atoms with Gasteiger partial charge in [-0.25, -0.2) is 0 Å². The van der Waals surface area contributed by atoms with Gasteiger partial charge in [0.25, 0.3) is 0 Å². The minimum absolute atomic E-state index is 0.339. The van der Waals surface area contributed by atoms with Crippen molar-refractivity contribution in [2.75, 3.05) is 20.8 Å². The summed E-state index contributed by atoms with van der Waals surface area (Å²) >= 11 is 0. The predicted octanol–water partition coefficient (Wildman–Crippen LogP) is 2.01. The molecule has 90 valence electrons. The van der Waals surface area contributed by atoms with Crippen LogP contribution in [0.2, 0.25) is 0 Å². The van der Waals surface area contributed by atoms with Crippen LogP contribution in [-0.2, 0) is 11.2 Å². The number of nitrogens with one attached hydrogen (secondary N) is 1. The van der Waals surface area contributed by atoms with Crippen LogP contribution >= 0.6 is 0 Å². The Morgan fingerprint density at radius 3 is 2.88 bits per heavy atom. The fourth-order valence-corrected chi connectivity index (χ4v) is 2.04. The van der Waals surface area contributed by atoms with E-state index in [0.717, 1.165) is 11.9 Å². The lowest BCUT2D eigenvalue weighted by Gasteiger charge is -2.16. The Kier molecular flexibility index (Phi) is 4.07. The molecule has 1 atom stereocenters. The number of benzene rings is 1. The summed E-state index contributed by atoms with van der Waals surface area (Å²) in [6.45, 7) is 0.715. The molecule has 0 aliphatic carbocycles. The molecular weight excluding hydrogens is 212 g/mol. The molecule has 0 saturated heterocycles. The Balaban J connectivity index is 2.28. The minimum Gasteiger partial charge on any atom is -0.383 e. The van der Waals surface area contributed by atoms with E-state index in [4.69, 9.17) is 4.74 Å². The van der Waals surface area contributed by atoms with E-state index in [1.807, 2.05) is 25.4 Å². The van der Waals surface area contributed by atoms with Crippen LogP contribution in [0.4, 0.5) is 0 Å². The van der Waals surface area contributed by atoms with E-state index in [9.17, 15) is 0 Å². The highest BCUT2D eigenvalue weighted by Crippen LogP contribution is 2.17. The molecule has 0 amide bonds. The number of aromatic nitrogens is 1. The minimum atomic E-state index is 0.339. The molecule has 0 spiro atoms. The lowest BCUT2D eigenvalue weighted by atomic mass is 10.0. The molecule has 0 radical (unpaired) electrons. The van der Waals surface area contributed by atoms with Crippen molar-refractivity contribution in [3.8, 4) is 0 Å². The molecule has 1 aromatic heterocycles. The van der Waals surface area contributed by atoms with Crippen molar-refractivity contribution < 1.29 is 4.74 Å². The molecule has 2 rings (SSSR count). The van der Waals surface area contributed by atoms with Gasteiger partial charge in [0.15, 0.2) is 0 Å². The van der Waals surface area contributed by atoms with Crippen LogP contribution in [0.15, 0.2) is 36.5 Å². The van der Waals surface area contributed by atoms with E-state index in [0.29, 0.717) is 12.6 Å². The van der Waals surface area contributed by atoms with Crippen LogP contribution < -0.4 is 5.32 Å². The molecule has 0 aliphatic rings. The normalized spacial score (nSPS) is 12.8. The van der Waals surface area contributed by atoms with Crippen LogP contribution in [0, 0.1) is 0 Å². The fourth-order valence-electron chi connectivity index (χ4n) is 2.04. The molecule has 0 saturated carbocycles. The van der Waals surface area contributed by atoms with Gasteiger partial charge in [0.05, 0.1) is 12.1 Å². The maximum Gasteiger partial charge on any atom is 0.0704 e. The molecule has 0 aliphatic heterocycles. The van der Waals surface area contributed by atoms with Crippen molar-refractivity contribution in [3.63, 3.8) is 0 Å². The highest BCUT2D eigenvalue weighted by Gasteiger charge is 2.09. The van der Waals surface area contributed by atoms with E-state index >= 15 is 0 Å². The van der Waals surface area contributed by atoms with Gasteiger partial charge in [0, 0.05) is 24.7 Å². The van der Waals surface area contributed by atoms with Gasteiger partial charge < -0.3 is 10.1 Å². The average molecular weight is 230 g/mol. The summed E-state index contributed by atoms with van der Waals surface area (Å²) in [5.41, 5.74) is 2.37. The predicted molar refractivity (Wildman–Crippen MR) is 70.2 cm³/mol. The lowest BCUT2D eigenvalue weighted by Crippen LogP contribution is -2.32. The van der Waals surface area contributed by atoms with Gasteiger partial charge in [-0.1, -0.05) is 18.2 Å².